The van der Waals surface area contributed by atoms with Gasteiger partial charge >= 0.3 is 5.97 Å². The lowest BCUT2D eigenvalue weighted by molar-refractivity contribution is -0.146. The molecule has 0 aliphatic carbocycles. The summed E-state index contributed by atoms with van der Waals surface area (Å²) in [4.78, 5) is 15.8. The Labute approximate surface area is 101 Å². The van der Waals surface area contributed by atoms with E-state index in [1.165, 1.54) is 7.11 Å². The maximum atomic E-state index is 11.6. The highest BCUT2D eigenvalue weighted by molar-refractivity contribution is 5.76. The van der Waals surface area contributed by atoms with Gasteiger partial charge in [-0.3, -0.25) is 14.8 Å². The van der Waals surface area contributed by atoms with Crippen LogP contribution in [0.25, 0.3) is 0 Å². The molecule has 0 spiro atoms. The Morgan fingerprint density at radius 3 is 2.94 bits per heavy atom. The van der Waals surface area contributed by atoms with Gasteiger partial charge in [-0.2, -0.15) is 5.10 Å². The molecule has 0 unspecified atom stereocenters. The van der Waals surface area contributed by atoms with Crippen molar-refractivity contribution in [2.75, 3.05) is 38.7 Å². The molecule has 1 aliphatic rings. The molecule has 6 heteroatoms. The van der Waals surface area contributed by atoms with Gasteiger partial charge in [0.15, 0.2) is 5.82 Å². The van der Waals surface area contributed by atoms with Crippen LogP contribution < -0.4 is 4.90 Å². The van der Waals surface area contributed by atoms with Crippen molar-refractivity contribution in [3.63, 3.8) is 0 Å². The lowest BCUT2D eigenvalue weighted by atomic mass is 10.2. The molecule has 2 heterocycles. The zero-order chi connectivity index (χ0) is 12.4. The van der Waals surface area contributed by atoms with Gasteiger partial charge < -0.3 is 9.64 Å². The molecule has 0 bridgehead atoms. The molecule has 0 amide bonds. The fourth-order valence-corrected chi connectivity index (χ4v) is 2.04. The van der Waals surface area contributed by atoms with Crippen LogP contribution in [-0.2, 0) is 9.53 Å². The number of carbonyl (C=O) groups is 1. The average Bonchev–Trinajstić information content (AvgIpc) is 2.75. The molecule has 17 heavy (non-hydrogen) atoms. The Balaban J connectivity index is 2.10. The van der Waals surface area contributed by atoms with Crippen LogP contribution in [-0.4, -0.2) is 60.9 Å². The number of anilines is 1. The number of piperazine rings is 1. The van der Waals surface area contributed by atoms with Gasteiger partial charge in [0.2, 0.25) is 0 Å². The Kier molecular flexibility index (Phi) is 3.33. The molecule has 1 aliphatic heterocycles. The lowest BCUT2D eigenvalue weighted by Gasteiger charge is -2.37. The molecule has 6 nitrogen and oxygen atoms in total. The fourth-order valence-electron chi connectivity index (χ4n) is 2.04. The summed E-state index contributed by atoms with van der Waals surface area (Å²) in [5.74, 6) is 0.703. The average molecular weight is 238 g/mol. The second-order valence-electron chi connectivity index (χ2n) is 4.37. The van der Waals surface area contributed by atoms with Crippen LogP contribution >= 0.6 is 0 Å². The highest BCUT2D eigenvalue weighted by Crippen LogP contribution is 2.17. The fraction of sp³-hybridized carbons (Fsp3) is 0.636. The predicted octanol–water partition coefficient (Wildman–Crippen LogP) is 0.0115. The Morgan fingerprint density at radius 1 is 1.59 bits per heavy atom. The summed E-state index contributed by atoms with van der Waals surface area (Å²) in [5, 5.41) is 7.13. The second kappa shape index (κ2) is 4.75. The molecule has 1 atom stereocenters. The molecule has 1 aromatic rings. The van der Waals surface area contributed by atoms with Gasteiger partial charge in [-0.25, -0.2) is 0 Å². The zero-order valence-electron chi connectivity index (χ0n) is 10.4. The van der Waals surface area contributed by atoms with Crippen LogP contribution in [0.2, 0.25) is 0 Å². The highest BCUT2D eigenvalue weighted by Gasteiger charge is 2.31. The first-order chi connectivity index (χ1) is 8.11. The van der Waals surface area contributed by atoms with E-state index in [0.29, 0.717) is 6.54 Å². The third-order valence-electron chi connectivity index (χ3n) is 3.14. The number of aryl methyl sites for hydroxylation is 1. The van der Waals surface area contributed by atoms with Crippen molar-refractivity contribution in [2.45, 2.75) is 13.0 Å². The third-order valence-corrected chi connectivity index (χ3v) is 3.14. The Morgan fingerprint density at radius 2 is 2.35 bits per heavy atom. The number of nitrogens with one attached hydrogen (secondary N) is 1. The van der Waals surface area contributed by atoms with Crippen LogP contribution in [0.1, 0.15) is 5.69 Å². The number of likely N-dealkylation sites (N-methyl/N-ethyl adjacent to an activating group) is 1. The number of hydrogen-bond acceptors (Lipinski definition) is 5. The molecule has 0 radical (unpaired) electrons. The van der Waals surface area contributed by atoms with E-state index in [2.05, 4.69) is 15.1 Å². The lowest BCUT2D eigenvalue weighted by Crippen LogP contribution is -2.55. The number of esters is 1. The first-order valence-electron chi connectivity index (χ1n) is 5.67. The number of ether oxygens (including phenoxy) is 1. The Bertz CT molecular complexity index is 404. The summed E-state index contributed by atoms with van der Waals surface area (Å²) in [6, 6.07) is 1.77. The van der Waals surface area contributed by atoms with E-state index in [9.17, 15) is 4.79 Å². The van der Waals surface area contributed by atoms with Gasteiger partial charge in [0, 0.05) is 31.4 Å². The van der Waals surface area contributed by atoms with E-state index in [1.54, 1.807) is 0 Å². The molecule has 1 fully saturated rings. The minimum absolute atomic E-state index is 0.190. The Hall–Kier alpha value is -1.56. The zero-order valence-corrected chi connectivity index (χ0v) is 10.4. The number of aromatic amines is 1. The number of aromatic nitrogens is 2. The minimum Gasteiger partial charge on any atom is -0.468 e. The van der Waals surface area contributed by atoms with Crippen LogP contribution in [0.15, 0.2) is 6.07 Å². The second-order valence-corrected chi connectivity index (χ2v) is 4.37. The van der Waals surface area contributed by atoms with Crippen molar-refractivity contribution in [1.82, 2.24) is 15.1 Å². The maximum absolute atomic E-state index is 11.6. The maximum Gasteiger partial charge on any atom is 0.324 e. The first-order valence-corrected chi connectivity index (χ1v) is 5.67. The molecule has 1 N–H and O–H groups in total. The molecule has 1 aromatic heterocycles. The number of nitrogens with zero attached hydrogens (tertiary/aromatic N) is 3. The van der Waals surface area contributed by atoms with E-state index in [-0.39, 0.29) is 12.0 Å². The van der Waals surface area contributed by atoms with Crippen LogP contribution in [0.5, 0.6) is 0 Å². The van der Waals surface area contributed by atoms with E-state index in [0.717, 1.165) is 24.6 Å². The van der Waals surface area contributed by atoms with Crippen molar-refractivity contribution < 1.29 is 9.53 Å². The third kappa shape index (κ3) is 2.41. The quantitative estimate of drug-likeness (QED) is 0.736. The number of carbonyl (C=O) groups excluding carboxylic acids is 1. The van der Waals surface area contributed by atoms with Gasteiger partial charge in [-0.1, -0.05) is 0 Å². The minimum atomic E-state index is -0.217. The smallest absolute Gasteiger partial charge is 0.324 e. The van der Waals surface area contributed by atoms with E-state index >= 15 is 0 Å². The van der Waals surface area contributed by atoms with Gasteiger partial charge in [0.05, 0.1) is 7.11 Å². The van der Waals surface area contributed by atoms with Gasteiger partial charge in [-0.05, 0) is 14.0 Å². The van der Waals surface area contributed by atoms with Crippen molar-refractivity contribution in [3.05, 3.63) is 11.8 Å². The monoisotopic (exact) mass is 238 g/mol. The summed E-state index contributed by atoms with van der Waals surface area (Å²) < 4.78 is 4.81. The van der Waals surface area contributed by atoms with Gasteiger partial charge in [0.25, 0.3) is 0 Å². The molecular formula is C11H18N4O2. The van der Waals surface area contributed by atoms with Gasteiger partial charge in [0.1, 0.15) is 6.04 Å². The standard InChI is InChI=1S/C11H18N4O2/c1-8-6-10(13-12-8)15-5-4-14(2)9(7-15)11(16)17-3/h6,9H,4-5,7H2,1-3H3,(H,12,13)/t9-/m0/s1. The van der Waals surface area contributed by atoms with Crippen LogP contribution in [0.3, 0.4) is 0 Å². The molecule has 94 valence electrons. The van der Waals surface area contributed by atoms with Crippen molar-refractivity contribution in [2.24, 2.45) is 0 Å². The van der Waals surface area contributed by atoms with E-state index in [1.807, 2.05) is 24.9 Å². The SMILES string of the molecule is COC(=O)[C@@H]1CN(c2cc(C)[nH]n2)CCN1C. The molecule has 1 saturated heterocycles. The molecule has 2 rings (SSSR count). The normalized spacial score (nSPS) is 21.6. The molecule has 0 aromatic carbocycles. The largest absolute Gasteiger partial charge is 0.468 e. The number of H-pyrrole nitrogens is 1. The van der Waals surface area contributed by atoms with Crippen molar-refractivity contribution >= 4 is 11.8 Å². The van der Waals surface area contributed by atoms with Gasteiger partial charge in [-0.15, -0.1) is 0 Å². The van der Waals surface area contributed by atoms with Crippen LogP contribution in [0.4, 0.5) is 5.82 Å². The summed E-state index contributed by atoms with van der Waals surface area (Å²) in [7, 11) is 3.36. The molecule has 0 saturated carbocycles. The number of hydrogen-bond donors (Lipinski definition) is 1. The van der Waals surface area contributed by atoms with Crippen molar-refractivity contribution in [3.8, 4) is 0 Å². The highest BCUT2D eigenvalue weighted by atomic mass is 16.5. The summed E-state index contributed by atoms with van der Waals surface area (Å²) in [5.41, 5.74) is 1.02. The topological polar surface area (TPSA) is 61.5 Å². The number of methoxy groups -OCH3 is 1. The van der Waals surface area contributed by atoms with Crippen LogP contribution in [0, 0.1) is 6.92 Å². The summed E-state index contributed by atoms with van der Waals surface area (Å²) in [6.45, 7) is 4.28. The first kappa shape index (κ1) is 11.9. The summed E-state index contributed by atoms with van der Waals surface area (Å²) >= 11 is 0. The summed E-state index contributed by atoms with van der Waals surface area (Å²) in [6.07, 6.45) is 0. The predicted molar refractivity (Wildman–Crippen MR) is 64.0 cm³/mol. The van der Waals surface area contributed by atoms with E-state index in [4.69, 9.17) is 4.74 Å². The molecular weight excluding hydrogens is 220 g/mol. The van der Waals surface area contributed by atoms with E-state index < -0.39 is 0 Å². The van der Waals surface area contributed by atoms with Crippen molar-refractivity contribution in [1.29, 1.82) is 0 Å². The number of rotatable bonds is 2.